The molecular weight excluding hydrogens is 263 g/mol. The van der Waals surface area contributed by atoms with Crippen LogP contribution in [0.15, 0.2) is 5.16 Å². The fourth-order valence-electron chi connectivity index (χ4n) is 1.46. The van der Waals surface area contributed by atoms with Gasteiger partial charge in [0.25, 0.3) is 0 Å². The molecule has 0 rings (SSSR count). The second kappa shape index (κ2) is 7.85. The molecule has 0 saturated heterocycles. The van der Waals surface area contributed by atoms with Crippen molar-refractivity contribution in [3.63, 3.8) is 0 Å². The third-order valence-corrected chi connectivity index (χ3v) is 2.33. The molecule has 0 aromatic rings. The van der Waals surface area contributed by atoms with Crippen LogP contribution in [0.5, 0.6) is 0 Å². The quantitative estimate of drug-likeness (QED) is 0.324. The van der Waals surface area contributed by atoms with E-state index in [0.29, 0.717) is 6.54 Å². The number of oxime groups is 1. The van der Waals surface area contributed by atoms with Crippen molar-refractivity contribution < 1.29 is 23.2 Å². The van der Waals surface area contributed by atoms with Gasteiger partial charge in [-0.3, -0.25) is 4.79 Å². The average molecular weight is 283 g/mol. The van der Waals surface area contributed by atoms with Gasteiger partial charge in [0.1, 0.15) is 5.84 Å². The van der Waals surface area contributed by atoms with E-state index in [4.69, 9.17) is 10.9 Å². The molecule has 5 nitrogen and oxygen atoms in total. The second-order valence-electron chi connectivity index (χ2n) is 4.69. The molecule has 0 saturated carbocycles. The predicted molar refractivity (Wildman–Crippen MR) is 64.7 cm³/mol. The molecule has 0 aliphatic rings. The molecular formula is C11H20F3N3O2. The fourth-order valence-corrected chi connectivity index (χ4v) is 1.46. The first-order valence-corrected chi connectivity index (χ1v) is 5.96. The topological polar surface area (TPSA) is 78.9 Å². The molecule has 8 heteroatoms. The largest absolute Gasteiger partial charge is 0.409 e. The van der Waals surface area contributed by atoms with Crippen LogP contribution in [-0.4, -0.2) is 41.1 Å². The van der Waals surface area contributed by atoms with Gasteiger partial charge >= 0.3 is 6.18 Å². The van der Waals surface area contributed by atoms with E-state index >= 15 is 0 Å². The number of halogens is 3. The zero-order valence-electron chi connectivity index (χ0n) is 11.1. The SMILES string of the molecule is CC(C)CN(CCC(N)=NO)C(=O)CCC(F)(F)F. The number of hydrogen-bond acceptors (Lipinski definition) is 3. The van der Waals surface area contributed by atoms with E-state index in [1.165, 1.54) is 4.90 Å². The molecule has 0 aliphatic heterocycles. The van der Waals surface area contributed by atoms with Crippen molar-refractivity contribution in [2.24, 2.45) is 16.8 Å². The number of hydrogen-bond donors (Lipinski definition) is 2. The van der Waals surface area contributed by atoms with Crippen molar-refractivity contribution >= 4 is 11.7 Å². The summed E-state index contributed by atoms with van der Waals surface area (Å²) >= 11 is 0. The minimum absolute atomic E-state index is 0.0580. The molecule has 3 N–H and O–H groups in total. The lowest BCUT2D eigenvalue weighted by Gasteiger charge is -2.24. The fraction of sp³-hybridized carbons (Fsp3) is 0.818. The number of carbonyl (C=O) groups excluding carboxylic acids is 1. The maximum atomic E-state index is 12.1. The lowest BCUT2D eigenvalue weighted by Crippen LogP contribution is -2.37. The van der Waals surface area contributed by atoms with Crippen LogP contribution in [0.3, 0.4) is 0 Å². The van der Waals surface area contributed by atoms with Gasteiger partial charge in [-0.2, -0.15) is 13.2 Å². The number of amides is 1. The summed E-state index contributed by atoms with van der Waals surface area (Å²) in [6.45, 7) is 4.20. The molecule has 112 valence electrons. The maximum Gasteiger partial charge on any atom is 0.389 e. The van der Waals surface area contributed by atoms with E-state index in [1.807, 2.05) is 13.8 Å². The maximum absolute atomic E-state index is 12.1. The highest BCUT2D eigenvalue weighted by atomic mass is 19.4. The zero-order chi connectivity index (χ0) is 15.1. The number of amidine groups is 1. The lowest BCUT2D eigenvalue weighted by atomic mass is 10.1. The smallest absolute Gasteiger partial charge is 0.389 e. The lowest BCUT2D eigenvalue weighted by molar-refractivity contribution is -0.149. The molecule has 19 heavy (non-hydrogen) atoms. The normalized spacial score (nSPS) is 12.8. The van der Waals surface area contributed by atoms with Crippen LogP contribution in [-0.2, 0) is 4.79 Å². The van der Waals surface area contributed by atoms with Crippen LogP contribution in [0.1, 0.15) is 33.1 Å². The molecule has 0 bridgehead atoms. The summed E-state index contributed by atoms with van der Waals surface area (Å²) in [5.74, 6) is -0.503. The third kappa shape index (κ3) is 9.15. The number of nitrogens with two attached hydrogens (primary N) is 1. The molecule has 0 aliphatic carbocycles. The van der Waals surface area contributed by atoms with Gasteiger partial charge in [0.05, 0.1) is 6.42 Å². The van der Waals surface area contributed by atoms with Crippen LogP contribution in [0.2, 0.25) is 0 Å². The Morgan fingerprint density at radius 3 is 2.37 bits per heavy atom. The van der Waals surface area contributed by atoms with Crippen molar-refractivity contribution in [2.45, 2.75) is 39.3 Å². The van der Waals surface area contributed by atoms with Gasteiger partial charge in [0, 0.05) is 25.9 Å². The first kappa shape index (κ1) is 17.5. The first-order chi connectivity index (χ1) is 8.65. The Balaban J connectivity index is 4.43. The van der Waals surface area contributed by atoms with E-state index in [2.05, 4.69) is 5.16 Å². The standard InChI is InChI=1S/C11H20F3N3O2/c1-8(2)7-17(6-4-9(15)16-19)10(18)3-5-11(12,13)14/h8,19H,3-7H2,1-2H3,(H2,15,16). The average Bonchev–Trinajstić information content (AvgIpc) is 2.29. The van der Waals surface area contributed by atoms with Gasteiger partial charge in [-0.15, -0.1) is 0 Å². The minimum Gasteiger partial charge on any atom is -0.409 e. The summed E-state index contributed by atoms with van der Waals surface area (Å²) in [4.78, 5) is 13.0. The van der Waals surface area contributed by atoms with Gasteiger partial charge in [0.15, 0.2) is 0 Å². The van der Waals surface area contributed by atoms with E-state index in [1.54, 1.807) is 0 Å². The molecule has 0 heterocycles. The van der Waals surface area contributed by atoms with Crippen LogP contribution in [0.4, 0.5) is 13.2 Å². The summed E-state index contributed by atoms with van der Waals surface area (Å²) in [5, 5.41) is 11.1. The van der Waals surface area contributed by atoms with Gasteiger partial charge in [0.2, 0.25) is 5.91 Å². The molecule has 0 unspecified atom stereocenters. The van der Waals surface area contributed by atoms with E-state index in [0.717, 1.165) is 0 Å². The highest BCUT2D eigenvalue weighted by Gasteiger charge is 2.29. The van der Waals surface area contributed by atoms with Crippen molar-refractivity contribution in [1.29, 1.82) is 0 Å². The number of carbonyl (C=O) groups is 1. The van der Waals surface area contributed by atoms with Gasteiger partial charge < -0.3 is 15.8 Å². The Morgan fingerprint density at radius 2 is 1.95 bits per heavy atom. The highest BCUT2D eigenvalue weighted by molar-refractivity contribution is 5.81. The monoisotopic (exact) mass is 283 g/mol. The van der Waals surface area contributed by atoms with Crippen molar-refractivity contribution in [1.82, 2.24) is 4.90 Å². The Labute approximate surface area is 110 Å². The Kier molecular flexibility index (Phi) is 7.25. The molecule has 0 atom stereocenters. The Hall–Kier alpha value is -1.47. The molecule has 0 aromatic heterocycles. The summed E-state index contributed by atoms with van der Waals surface area (Å²) in [5.41, 5.74) is 5.28. The summed E-state index contributed by atoms with van der Waals surface area (Å²) in [7, 11) is 0. The first-order valence-electron chi connectivity index (χ1n) is 5.96. The van der Waals surface area contributed by atoms with Crippen molar-refractivity contribution in [2.75, 3.05) is 13.1 Å². The summed E-state index contributed by atoms with van der Waals surface area (Å²) in [6, 6.07) is 0. The highest BCUT2D eigenvalue weighted by Crippen LogP contribution is 2.22. The number of rotatable bonds is 7. The summed E-state index contributed by atoms with van der Waals surface area (Å²) < 4.78 is 36.2. The Bertz CT molecular complexity index is 317. The Morgan fingerprint density at radius 1 is 1.37 bits per heavy atom. The molecule has 0 radical (unpaired) electrons. The van der Waals surface area contributed by atoms with E-state index in [9.17, 15) is 18.0 Å². The molecule has 1 amide bonds. The summed E-state index contributed by atoms with van der Waals surface area (Å²) in [6.07, 6.45) is -5.93. The van der Waals surface area contributed by atoms with Gasteiger partial charge in [-0.25, -0.2) is 0 Å². The predicted octanol–water partition coefficient (Wildman–Crippen LogP) is 1.95. The van der Waals surface area contributed by atoms with Crippen molar-refractivity contribution in [3.8, 4) is 0 Å². The molecule has 0 fully saturated rings. The van der Waals surface area contributed by atoms with Crippen LogP contribution in [0, 0.1) is 5.92 Å². The van der Waals surface area contributed by atoms with E-state index < -0.39 is 24.9 Å². The van der Waals surface area contributed by atoms with Crippen LogP contribution in [0.25, 0.3) is 0 Å². The van der Waals surface area contributed by atoms with E-state index in [-0.39, 0.29) is 24.7 Å². The minimum atomic E-state index is -4.34. The van der Waals surface area contributed by atoms with Crippen LogP contribution >= 0.6 is 0 Å². The second-order valence-corrected chi connectivity index (χ2v) is 4.69. The van der Waals surface area contributed by atoms with Gasteiger partial charge in [-0.1, -0.05) is 19.0 Å². The molecule has 0 aromatic carbocycles. The number of nitrogens with zero attached hydrogens (tertiary/aromatic N) is 2. The third-order valence-electron chi connectivity index (χ3n) is 2.33. The van der Waals surface area contributed by atoms with Crippen LogP contribution < -0.4 is 5.73 Å². The van der Waals surface area contributed by atoms with Crippen molar-refractivity contribution in [3.05, 3.63) is 0 Å². The van der Waals surface area contributed by atoms with Gasteiger partial charge in [-0.05, 0) is 5.92 Å². The number of alkyl halides is 3. The zero-order valence-corrected chi connectivity index (χ0v) is 11.1. The molecule has 0 spiro atoms.